The minimum absolute atomic E-state index is 0.375. The van der Waals surface area contributed by atoms with Gasteiger partial charge in [0.05, 0.1) is 12.6 Å². The molecule has 20 heavy (non-hydrogen) atoms. The van der Waals surface area contributed by atoms with E-state index < -0.39 is 0 Å². The van der Waals surface area contributed by atoms with Crippen molar-refractivity contribution in [3.63, 3.8) is 0 Å². The standard InChI is InChI=1S/C15H25N5/c1-10(20-14(9-16)17-18-19-20)5-15-6-11-2-12(7-15)4-13(3-11)8-15/h10-13H,2-9,16H2,1H3. The van der Waals surface area contributed by atoms with Gasteiger partial charge in [0.2, 0.25) is 0 Å². The van der Waals surface area contributed by atoms with Crippen LogP contribution < -0.4 is 5.73 Å². The highest BCUT2D eigenvalue weighted by molar-refractivity contribution is 5.02. The van der Waals surface area contributed by atoms with Gasteiger partial charge in [-0.15, -0.1) is 5.10 Å². The zero-order valence-corrected chi connectivity index (χ0v) is 12.3. The lowest BCUT2D eigenvalue weighted by Gasteiger charge is -2.57. The van der Waals surface area contributed by atoms with Gasteiger partial charge in [-0.25, -0.2) is 4.68 Å². The fourth-order valence-electron chi connectivity index (χ4n) is 5.94. The average Bonchev–Trinajstić information content (AvgIpc) is 2.84. The molecule has 1 heterocycles. The molecule has 5 nitrogen and oxygen atoms in total. The van der Waals surface area contributed by atoms with Gasteiger partial charge >= 0.3 is 0 Å². The van der Waals surface area contributed by atoms with Crippen molar-refractivity contribution in [3.05, 3.63) is 5.82 Å². The SMILES string of the molecule is CC(CC12CC3CC(CC(C3)C1)C2)n1nnnc1CN. The lowest BCUT2D eigenvalue weighted by atomic mass is 9.48. The van der Waals surface area contributed by atoms with E-state index in [1.165, 1.54) is 44.9 Å². The zero-order chi connectivity index (χ0) is 13.7. The van der Waals surface area contributed by atoms with Crippen LogP contribution in [0.3, 0.4) is 0 Å². The summed E-state index contributed by atoms with van der Waals surface area (Å²) in [5.74, 6) is 3.85. The first kappa shape index (κ1) is 12.7. The van der Waals surface area contributed by atoms with Crippen molar-refractivity contribution in [1.29, 1.82) is 0 Å². The van der Waals surface area contributed by atoms with E-state index >= 15 is 0 Å². The molecule has 2 N–H and O–H groups in total. The Balaban J connectivity index is 1.54. The minimum Gasteiger partial charge on any atom is -0.324 e. The molecule has 1 aromatic heterocycles. The first-order chi connectivity index (χ1) is 9.67. The molecule has 1 atom stereocenters. The molecular weight excluding hydrogens is 250 g/mol. The van der Waals surface area contributed by atoms with Gasteiger partial charge in [-0.1, -0.05) is 0 Å². The molecule has 4 aliphatic carbocycles. The number of nitrogens with two attached hydrogens (primary N) is 1. The second-order valence-corrected chi connectivity index (χ2v) is 7.71. The zero-order valence-electron chi connectivity index (χ0n) is 12.3. The molecule has 5 rings (SSSR count). The van der Waals surface area contributed by atoms with E-state index in [1.807, 2.05) is 4.68 Å². The van der Waals surface area contributed by atoms with Crippen molar-refractivity contribution in [3.8, 4) is 0 Å². The topological polar surface area (TPSA) is 69.6 Å². The lowest BCUT2D eigenvalue weighted by molar-refractivity contribution is -0.0640. The Morgan fingerprint density at radius 3 is 2.35 bits per heavy atom. The van der Waals surface area contributed by atoms with Gasteiger partial charge in [-0.05, 0) is 85.5 Å². The van der Waals surface area contributed by atoms with Crippen molar-refractivity contribution < 1.29 is 0 Å². The van der Waals surface area contributed by atoms with Crippen LogP contribution in [0.25, 0.3) is 0 Å². The quantitative estimate of drug-likeness (QED) is 0.915. The monoisotopic (exact) mass is 275 g/mol. The van der Waals surface area contributed by atoms with Crippen LogP contribution in [-0.2, 0) is 6.54 Å². The summed E-state index contributed by atoms with van der Waals surface area (Å²) in [7, 11) is 0. The Kier molecular flexibility index (Phi) is 2.88. The summed E-state index contributed by atoms with van der Waals surface area (Å²) in [6.45, 7) is 2.69. The van der Waals surface area contributed by atoms with Crippen LogP contribution in [0.15, 0.2) is 0 Å². The van der Waals surface area contributed by atoms with E-state index in [-0.39, 0.29) is 0 Å². The molecule has 0 radical (unpaired) electrons. The van der Waals surface area contributed by atoms with Crippen LogP contribution in [0.5, 0.6) is 0 Å². The average molecular weight is 275 g/mol. The summed E-state index contributed by atoms with van der Waals surface area (Å²) in [6.07, 6.45) is 10.1. The molecule has 4 bridgehead atoms. The van der Waals surface area contributed by atoms with Crippen molar-refractivity contribution in [2.75, 3.05) is 0 Å². The van der Waals surface area contributed by atoms with Gasteiger partial charge in [-0.2, -0.15) is 0 Å². The molecule has 4 saturated carbocycles. The van der Waals surface area contributed by atoms with Gasteiger partial charge in [0, 0.05) is 0 Å². The number of nitrogens with zero attached hydrogens (tertiary/aromatic N) is 4. The third-order valence-electron chi connectivity index (χ3n) is 6.05. The summed E-state index contributed by atoms with van der Waals surface area (Å²) in [6, 6.07) is 0.375. The number of rotatable bonds is 4. The lowest BCUT2D eigenvalue weighted by Crippen LogP contribution is -2.46. The van der Waals surface area contributed by atoms with Crippen molar-refractivity contribution in [2.24, 2.45) is 28.9 Å². The Morgan fingerprint density at radius 2 is 1.80 bits per heavy atom. The molecule has 0 aliphatic heterocycles. The molecular formula is C15H25N5. The van der Waals surface area contributed by atoms with Crippen LogP contribution in [0, 0.1) is 23.2 Å². The van der Waals surface area contributed by atoms with Gasteiger partial charge in [0.25, 0.3) is 0 Å². The van der Waals surface area contributed by atoms with E-state index in [2.05, 4.69) is 22.4 Å². The molecule has 5 heteroatoms. The van der Waals surface area contributed by atoms with Crippen LogP contribution in [0.2, 0.25) is 0 Å². The third kappa shape index (κ3) is 1.98. The molecule has 4 aliphatic rings. The van der Waals surface area contributed by atoms with Crippen LogP contribution >= 0.6 is 0 Å². The normalized spacial score (nSPS) is 40.2. The van der Waals surface area contributed by atoms with E-state index in [4.69, 9.17) is 5.73 Å². The number of hydrogen-bond donors (Lipinski definition) is 1. The maximum atomic E-state index is 5.73. The Hall–Kier alpha value is -0.970. The van der Waals surface area contributed by atoms with Crippen LogP contribution in [0.4, 0.5) is 0 Å². The maximum Gasteiger partial charge on any atom is 0.165 e. The van der Waals surface area contributed by atoms with E-state index in [0.29, 0.717) is 18.0 Å². The Morgan fingerprint density at radius 1 is 1.20 bits per heavy atom. The maximum absolute atomic E-state index is 5.73. The van der Waals surface area contributed by atoms with Crippen LogP contribution in [0.1, 0.15) is 63.7 Å². The highest BCUT2D eigenvalue weighted by Crippen LogP contribution is 2.62. The molecule has 0 amide bonds. The van der Waals surface area contributed by atoms with Crippen molar-refractivity contribution >= 4 is 0 Å². The first-order valence-electron chi connectivity index (χ1n) is 8.14. The molecule has 1 unspecified atom stereocenters. The highest BCUT2D eigenvalue weighted by atomic mass is 15.5. The predicted octanol–water partition coefficient (Wildman–Crippen LogP) is 2.30. The summed E-state index contributed by atoms with van der Waals surface area (Å²) in [4.78, 5) is 0. The second-order valence-electron chi connectivity index (χ2n) is 7.71. The highest BCUT2D eigenvalue weighted by Gasteiger charge is 2.51. The fourth-order valence-corrected chi connectivity index (χ4v) is 5.94. The molecule has 1 aromatic rings. The van der Waals surface area contributed by atoms with Gasteiger partial charge in [0.1, 0.15) is 0 Å². The fraction of sp³-hybridized carbons (Fsp3) is 0.933. The van der Waals surface area contributed by atoms with Gasteiger partial charge in [-0.3, -0.25) is 0 Å². The summed E-state index contributed by atoms with van der Waals surface area (Å²) < 4.78 is 1.96. The number of aromatic nitrogens is 4. The number of tetrazole rings is 1. The van der Waals surface area contributed by atoms with Gasteiger partial charge < -0.3 is 5.73 Å². The molecule has 0 spiro atoms. The largest absolute Gasteiger partial charge is 0.324 e. The molecule has 0 aromatic carbocycles. The van der Waals surface area contributed by atoms with E-state index in [0.717, 1.165) is 23.6 Å². The second kappa shape index (κ2) is 4.52. The smallest absolute Gasteiger partial charge is 0.165 e. The van der Waals surface area contributed by atoms with Gasteiger partial charge in [0.15, 0.2) is 5.82 Å². The summed E-state index contributed by atoms with van der Waals surface area (Å²) in [5.41, 5.74) is 6.31. The summed E-state index contributed by atoms with van der Waals surface area (Å²) in [5, 5.41) is 12.0. The third-order valence-corrected chi connectivity index (χ3v) is 6.05. The van der Waals surface area contributed by atoms with Crippen molar-refractivity contribution in [1.82, 2.24) is 20.2 Å². The molecule has 0 saturated heterocycles. The van der Waals surface area contributed by atoms with E-state index in [9.17, 15) is 0 Å². The van der Waals surface area contributed by atoms with Crippen molar-refractivity contribution in [2.45, 2.75) is 64.5 Å². The molecule has 110 valence electrons. The molecule has 4 fully saturated rings. The Bertz CT molecular complexity index is 459. The van der Waals surface area contributed by atoms with E-state index in [1.54, 1.807) is 0 Å². The minimum atomic E-state index is 0.375. The summed E-state index contributed by atoms with van der Waals surface area (Å²) >= 11 is 0. The first-order valence-corrected chi connectivity index (χ1v) is 8.14. The Labute approximate surface area is 120 Å². The number of hydrogen-bond acceptors (Lipinski definition) is 4. The van der Waals surface area contributed by atoms with Crippen LogP contribution in [-0.4, -0.2) is 20.2 Å². The predicted molar refractivity (Wildman–Crippen MR) is 75.6 cm³/mol.